The molecule has 3 heteroatoms. The molecule has 11 heavy (non-hydrogen) atoms. The van der Waals surface area contributed by atoms with Crippen LogP contribution >= 0.6 is 0 Å². The molecule has 0 fully saturated rings. The van der Waals surface area contributed by atoms with E-state index in [-0.39, 0.29) is 12.1 Å². The van der Waals surface area contributed by atoms with Gasteiger partial charge in [-0.15, -0.1) is 0 Å². The van der Waals surface area contributed by atoms with Crippen LogP contribution in [0.25, 0.3) is 0 Å². The summed E-state index contributed by atoms with van der Waals surface area (Å²) in [5.41, 5.74) is 0.885. The molecule has 2 unspecified atom stereocenters. The monoisotopic (exact) mass is 156 g/mol. The molecule has 62 valence electrons. The summed E-state index contributed by atoms with van der Waals surface area (Å²) in [5, 5.41) is 9.22. The molecule has 0 heterocycles. The summed E-state index contributed by atoms with van der Waals surface area (Å²) in [6.45, 7) is 3.20. The number of esters is 1. The van der Waals surface area contributed by atoms with Crippen LogP contribution in [0.1, 0.15) is 20.3 Å². The third-order valence-electron chi connectivity index (χ3n) is 1.75. The van der Waals surface area contributed by atoms with Crippen LogP contribution in [0.15, 0.2) is 11.6 Å². The summed E-state index contributed by atoms with van der Waals surface area (Å²) in [6.07, 6.45) is 1.64. The van der Waals surface area contributed by atoms with Crippen LogP contribution in [0.3, 0.4) is 0 Å². The molecule has 0 aromatic carbocycles. The van der Waals surface area contributed by atoms with Gasteiger partial charge in [0.05, 0.1) is 6.10 Å². The molecule has 0 spiro atoms. The molecule has 0 bridgehead atoms. The van der Waals surface area contributed by atoms with Gasteiger partial charge < -0.3 is 9.84 Å². The second-order valence-electron chi connectivity index (χ2n) is 2.81. The zero-order valence-corrected chi connectivity index (χ0v) is 6.70. The highest BCUT2D eigenvalue weighted by Crippen LogP contribution is 2.20. The normalized spacial score (nSPS) is 29.9. The molecule has 1 rings (SSSR count). The van der Waals surface area contributed by atoms with Gasteiger partial charge in [0.15, 0.2) is 0 Å². The Morgan fingerprint density at radius 1 is 1.82 bits per heavy atom. The predicted molar refractivity (Wildman–Crippen MR) is 39.9 cm³/mol. The Morgan fingerprint density at radius 2 is 2.45 bits per heavy atom. The van der Waals surface area contributed by atoms with E-state index in [0.29, 0.717) is 6.42 Å². The standard InChI is InChI=1S/C8H12O3/c1-5-3-7(4-8(5)10)11-6(2)9/h3,7-8,10H,4H2,1-2H3. The largest absolute Gasteiger partial charge is 0.458 e. The van der Waals surface area contributed by atoms with Gasteiger partial charge in [0.1, 0.15) is 6.10 Å². The summed E-state index contributed by atoms with van der Waals surface area (Å²) >= 11 is 0. The Hall–Kier alpha value is -0.830. The van der Waals surface area contributed by atoms with Crippen LogP contribution in [-0.4, -0.2) is 23.3 Å². The van der Waals surface area contributed by atoms with Crippen molar-refractivity contribution in [3.63, 3.8) is 0 Å². The molecule has 0 amide bonds. The van der Waals surface area contributed by atoms with E-state index in [9.17, 15) is 9.90 Å². The fourth-order valence-electron chi connectivity index (χ4n) is 1.17. The van der Waals surface area contributed by atoms with Gasteiger partial charge in [0, 0.05) is 13.3 Å². The highest BCUT2D eigenvalue weighted by Gasteiger charge is 2.23. The first kappa shape index (κ1) is 8.27. The zero-order chi connectivity index (χ0) is 8.43. The Kier molecular flexibility index (Phi) is 2.29. The van der Waals surface area contributed by atoms with Crippen LogP contribution in [-0.2, 0) is 9.53 Å². The Balaban J connectivity index is 2.47. The van der Waals surface area contributed by atoms with E-state index in [1.807, 2.05) is 6.92 Å². The van der Waals surface area contributed by atoms with E-state index >= 15 is 0 Å². The first-order valence-corrected chi connectivity index (χ1v) is 3.63. The number of aliphatic hydroxyl groups is 1. The van der Waals surface area contributed by atoms with Crippen molar-refractivity contribution in [1.82, 2.24) is 0 Å². The average Bonchev–Trinajstić information content (AvgIpc) is 2.10. The zero-order valence-electron chi connectivity index (χ0n) is 6.70. The van der Waals surface area contributed by atoms with Crippen molar-refractivity contribution in [1.29, 1.82) is 0 Å². The molecule has 1 N–H and O–H groups in total. The Morgan fingerprint density at radius 3 is 2.82 bits per heavy atom. The number of carbonyl (C=O) groups is 1. The van der Waals surface area contributed by atoms with E-state index < -0.39 is 6.10 Å². The fourth-order valence-corrected chi connectivity index (χ4v) is 1.17. The molecule has 0 radical (unpaired) electrons. The lowest BCUT2D eigenvalue weighted by Crippen LogP contribution is -2.14. The maximum Gasteiger partial charge on any atom is 0.303 e. The van der Waals surface area contributed by atoms with Crippen molar-refractivity contribution in [2.24, 2.45) is 0 Å². The van der Waals surface area contributed by atoms with E-state index in [1.54, 1.807) is 6.08 Å². The number of hydrogen-bond donors (Lipinski definition) is 1. The van der Waals surface area contributed by atoms with Crippen molar-refractivity contribution in [2.45, 2.75) is 32.5 Å². The van der Waals surface area contributed by atoms with Crippen molar-refractivity contribution >= 4 is 5.97 Å². The van der Waals surface area contributed by atoms with Gasteiger partial charge in [-0.25, -0.2) is 0 Å². The van der Waals surface area contributed by atoms with Gasteiger partial charge in [-0.2, -0.15) is 0 Å². The lowest BCUT2D eigenvalue weighted by atomic mass is 10.2. The van der Waals surface area contributed by atoms with E-state index in [0.717, 1.165) is 5.57 Å². The second kappa shape index (κ2) is 3.05. The van der Waals surface area contributed by atoms with Gasteiger partial charge in [0.2, 0.25) is 0 Å². The molecule has 3 nitrogen and oxygen atoms in total. The first-order chi connectivity index (χ1) is 5.09. The number of ether oxygens (including phenoxy) is 1. The van der Waals surface area contributed by atoms with Gasteiger partial charge in [-0.1, -0.05) is 0 Å². The van der Waals surface area contributed by atoms with Crippen molar-refractivity contribution in [2.75, 3.05) is 0 Å². The summed E-state index contributed by atoms with van der Waals surface area (Å²) < 4.78 is 4.88. The Labute approximate surface area is 65.7 Å². The quantitative estimate of drug-likeness (QED) is 0.447. The fraction of sp³-hybridized carbons (Fsp3) is 0.625. The highest BCUT2D eigenvalue weighted by atomic mass is 16.5. The minimum absolute atomic E-state index is 0.220. The highest BCUT2D eigenvalue weighted by molar-refractivity contribution is 5.66. The van der Waals surface area contributed by atoms with E-state index in [4.69, 9.17) is 4.74 Å². The maximum atomic E-state index is 10.5. The minimum Gasteiger partial charge on any atom is -0.458 e. The summed E-state index contributed by atoms with van der Waals surface area (Å²) in [5.74, 6) is -0.298. The van der Waals surface area contributed by atoms with Crippen LogP contribution in [0.4, 0.5) is 0 Å². The molecule has 0 saturated carbocycles. The minimum atomic E-state index is -0.431. The molecular weight excluding hydrogens is 144 g/mol. The number of hydrogen-bond acceptors (Lipinski definition) is 3. The van der Waals surface area contributed by atoms with Crippen LogP contribution in [0.5, 0.6) is 0 Å². The van der Waals surface area contributed by atoms with E-state index in [2.05, 4.69) is 0 Å². The van der Waals surface area contributed by atoms with Gasteiger partial charge in [-0.05, 0) is 18.6 Å². The Bertz CT molecular complexity index is 196. The number of carbonyl (C=O) groups excluding carboxylic acids is 1. The number of rotatable bonds is 1. The molecule has 1 aliphatic rings. The van der Waals surface area contributed by atoms with Crippen molar-refractivity contribution in [3.8, 4) is 0 Å². The topological polar surface area (TPSA) is 46.5 Å². The lowest BCUT2D eigenvalue weighted by Gasteiger charge is -2.07. The molecular formula is C8H12O3. The lowest BCUT2D eigenvalue weighted by molar-refractivity contribution is -0.144. The smallest absolute Gasteiger partial charge is 0.303 e. The molecule has 2 atom stereocenters. The third-order valence-corrected chi connectivity index (χ3v) is 1.75. The van der Waals surface area contributed by atoms with Crippen LogP contribution in [0, 0.1) is 0 Å². The molecule has 0 saturated heterocycles. The summed E-state index contributed by atoms with van der Waals surface area (Å²) in [6, 6.07) is 0. The summed E-state index contributed by atoms with van der Waals surface area (Å²) in [4.78, 5) is 10.5. The molecule has 0 aliphatic heterocycles. The maximum absolute atomic E-state index is 10.5. The van der Waals surface area contributed by atoms with Crippen molar-refractivity contribution < 1.29 is 14.6 Å². The van der Waals surface area contributed by atoms with E-state index in [1.165, 1.54) is 6.92 Å². The second-order valence-corrected chi connectivity index (χ2v) is 2.81. The van der Waals surface area contributed by atoms with Gasteiger partial charge >= 0.3 is 5.97 Å². The predicted octanol–water partition coefficient (Wildman–Crippen LogP) is 0.629. The van der Waals surface area contributed by atoms with Gasteiger partial charge in [0.25, 0.3) is 0 Å². The van der Waals surface area contributed by atoms with Crippen LogP contribution < -0.4 is 0 Å². The van der Waals surface area contributed by atoms with Crippen LogP contribution in [0.2, 0.25) is 0 Å². The van der Waals surface area contributed by atoms with Crippen molar-refractivity contribution in [3.05, 3.63) is 11.6 Å². The first-order valence-electron chi connectivity index (χ1n) is 3.63. The summed E-state index contributed by atoms with van der Waals surface area (Å²) in [7, 11) is 0. The number of aliphatic hydroxyl groups excluding tert-OH is 1. The third kappa shape index (κ3) is 2.05. The SMILES string of the molecule is CC(=O)OC1C=C(C)C(O)C1. The molecule has 0 aromatic heterocycles. The molecule has 0 aromatic rings. The molecule has 1 aliphatic carbocycles. The van der Waals surface area contributed by atoms with Gasteiger partial charge in [-0.3, -0.25) is 4.79 Å². The average molecular weight is 156 g/mol.